The van der Waals surface area contributed by atoms with Crippen molar-refractivity contribution in [1.82, 2.24) is 9.78 Å². The highest BCUT2D eigenvalue weighted by molar-refractivity contribution is 6.31. The fourth-order valence-corrected chi connectivity index (χ4v) is 2.05. The maximum atomic E-state index is 11.5. The summed E-state index contributed by atoms with van der Waals surface area (Å²) >= 11 is 5.89. The van der Waals surface area contributed by atoms with Crippen LogP contribution < -0.4 is 5.73 Å². The Labute approximate surface area is 110 Å². The largest absolute Gasteiger partial charge is 0.366 e. The van der Waals surface area contributed by atoms with Crippen LogP contribution in [-0.2, 0) is 0 Å². The predicted octanol–water partition coefficient (Wildman–Crippen LogP) is 2.88. The Kier molecular flexibility index (Phi) is 3.39. The van der Waals surface area contributed by atoms with E-state index in [9.17, 15) is 4.79 Å². The maximum Gasteiger partial charge on any atom is 0.249 e. The molecule has 1 amide bonds. The fourth-order valence-electron chi connectivity index (χ4n) is 1.88. The van der Waals surface area contributed by atoms with Gasteiger partial charge in [0.15, 0.2) is 0 Å². The highest BCUT2D eigenvalue weighted by Crippen LogP contribution is 2.27. The number of benzene rings is 1. The number of rotatable bonds is 3. The number of hydrogen-bond donors (Lipinski definition) is 1. The first kappa shape index (κ1) is 12.6. The third kappa shape index (κ3) is 2.24. The van der Waals surface area contributed by atoms with E-state index in [1.54, 1.807) is 24.4 Å². The average molecular weight is 264 g/mol. The molecule has 2 aromatic rings. The van der Waals surface area contributed by atoms with Crippen LogP contribution in [0.1, 0.15) is 30.2 Å². The molecule has 0 spiro atoms. The molecule has 1 heterocycles. The van der Waals surface area contributed by atoms with E-state index in [0.29, 0.717) is 10.6 Å². The normalized spacial score (nSPS) is 10.9. The van der Waals surface area contributed by atoms with Crippen molar-refractivity contribution < 1.29 is 4.79 Å². The molecule has 0 aliphatic carbocycles. The molecule has 0 aliphatic rings. The lowest BCUT2D eigenvalue weighted by Gasteiger charge is -2.13. The molecule has 0 radical (unpaired) electrons. The van der Waals surface area contributed by atoms with Crippen molar-refractivity contribution in [3.63, 3.8) is 0 Å². The summed E-state index contributed by atoms with van der Waals surface area (Å²) in [6, 6.07) is 7.16. The molecule has 94 valence electrons. The van der Waals surface area contributed by atoms with Crippen LogP contribution in [0.25, 0.3) is 11.3 Å². The number of carbonyl (C=O) groups excluding carboxylic acids is 1. The van der Waals surface area contributed by atoms with Gasteiger partial charge in [-0.25, -0.2) is 0 Å². The van der Waals surface area contributed by atoms with E-state index < -0.39 is 5.91 Å². The molecule has 2 N–H and O–H groups in total. The fraction of sp³-hybridized carbons (Fsp3) is 0.231. The number of primary amides is 1. The first-order valence-corrected chi connectivity index (χ1v) is 6.01. The summed E-state index contributed by atoms with van der Waals surface area (Å²) in [7, 11) is 0. The van der Waals surface area contributed by atoms with Crippen molar-refractivity contribution in [3.8, 4) is 11.3 Å². The minimum Gasteiger partial charge on any atom is -0.366 e. The minimum absolute atomic E-state index is 0.200. The summed E-state index contributed by atoms with van der Waals surface area (Å²) in [5, 5.41) is 4.74. The van der Waals surface area contributed by atoms with Crippen molar-refractivity contribution in [2.45, 2.75) is 19.9 Å². The van der Waals surface area contributed by atoms with Crippen molar-refractivity contribution in [1.29, 1.82) is 0 Å². The van der Waals surface area contributed by atoms with Crippen molar-refractivity contribution >= 4 is 17.5 Å². The molecule has 0 aliphatic heterocycles. The number of halogens is 1. The SMILES string of the molecule is CC(C)n1nccc1-c1ccc(Cl)cc1C(N)=O. The van der Waals surface area contributed by atoms with Crippen LogP contribution in [0.15, 0.2) is 30.5 Å². The lowest BCUT2D eigenvalue weighted by Crippen LogP contribution is -2.14. The molecule has 0 atom stereocenters. The van der Waals surface area contributed by atoms with E-state index in [1.807, 2.05) is 24.6 Å². The Morgan fingerprint density at radius 3 is 2.72 bits per heavy atom. The van der Waals surface area contributed by atoms with Gasteiger partial charge in [-0.1, -0.05) is 17.7 Å². The zero-order valence-corrected chi connectivity index (χ0v) is 11.0. The molecule has 18 heavy (non-hydrogen) atoms. The molecule has 0 saturated carbocycles. The number of aromatic nitrogens is 2. The monoisotopic (exact) mass is 263 g/mol. The lowest BCUT2D eigenvalue weighted by molar-refractivity contribution is 0.100. The predicted molar refractivity (Wildman–Crippen MR) is 71.6 cm³/mol. The molecule has 1 aromatic carbocycles. The second-order valence-electron chi connectivity index (χ2n) is 4.31. The van der Waals surface area contributed by atoms with Gasteiger partial charge in [0, 0.05) is 28.4 Å². The molecule has 5 heteroatoms. The van der Waals surface area contributed by atoms with Gasteiger partial charge >= 0.3 is 0 Å². The number of carbonyl (C=O) groups is 1. The van der Waals surface area contributed by atoms with Gasteiger partial charge in [-0.3, -0.25) is 9.48 Å². The Morgan fingerprint density at radius 1 is 1.39 bits per heavy atom. The average Bonchev–Trinajstić information content (AvgIpc) is 2.77. The van der Waals surface area contributed by atoms with Gasteiger partial charge in [0.05, 0.1) is 5.69 Å². The maximum absolute atomic E-state index is 11.5. The van der Waals surface area contributed by atoms with E-state index in [1.165, 1.54) is 0 Å². The van der Waals surface area contributed by atoms with Crippen LogP contribution in [0.4, 0.5) is 0 Å². The first-order valence-electron chi connectivity index (χ1n) is 5.64. The number of nitrogens with zero attached hydrogens (tertiary/aromatic N) is 2. The summed E-state index contributed by atoms with van der Waals surface area (Å²) in [5.41, 5.74) is 7.40. The van der Waals surface area contributed by atoms with Gasteiger partial charge in [0.2, 0.25) is 5.91 Å². The van der Waals surface area contributed by atoms with Crippen molar-refractivity contribution in [3.05, 3.63) is 41.0 Å². The Bertz CT molecular complexity index is 590. The third-order valence-corrected chi connectivity index (χ3v) is 2.92. The van der Waals surface area contributed by atoms with Crippen LogP contribution >= 0.6 is 11.6 Å². The molecule has 0 bridgehead atoms. The minimum atomic E-state index is -0.496. The second kappa shape index (κ2) is 4.82. The Hall–Kier alpha value is -1.81. The molecule has 0 fully saturated rings. The summed E-state index contributed by atoms with van der Waals surface area (Å²) in [6.07, 6.45) is 1.70. The number of hydrogen-bond acceptors (Lipinski definition) is 2. The third-order valence-electron chi connectivity index (χ3n) is 2.68. The summed E-state index contributed by atoms with van der Waals surface area (Å²) < 4.78 is 1.84. The van der Waals surface area contributed by atoms with Gasteiger partial charge in [-0.2, -0.15) is 5.10 Å². The molecule has 4 nitrogen and oxygen atoms in total. The van der Waals surface area contributed by atoms with Crippen LogP contribution in [0.2, 0.25) is 5.02 Å². The summed E-state index contributed by atoms with van der Waals surface area (Å²) in [6.45, 7) is 4.05. The summed E-state index contributed by atoms with van der Waals surface area (Å²) in [4.78, 5) is 11.5. The smallest absolute Gasteiger partial charge is 0.249 e. The van der Waals surface area contributed by atoms with E-state index >= 15 is 0 Å². The van der Waals surface area contributed by atoms with Gasteiger partial charge in [0.25, 0.3) is 0 Å². The molecule has 0 unspecified atom stereocenters. The van der Waals surface area contributed by atoms with Gasteiger partial charge < -0.3 is 5.73 Å². The van der Waals surface area contributed by atoms with Crippen molar-refractivity contribution in [2.75, 3.05) is 0 Å². The van der Waals surface area contributed by atoms with E-state index in [2.05, 4.69) is 5.10 Å². The van der Waals surface area contributed by atoms with Crippen LogP contribution in [0.3, 0.4) is 0 Å². The van der Waals surface area contributed by atoms with Gasteiger partial charge in [-0.05, 0) is 32.0 Å². The molecule has 1 aromatic heterocycles. The van der Waals surface area contributed by atoms with Crippen molar-refractivity contribution in [2.24, 2.45) is 5.73 Å². The van der Waals surface area contributed by atoms with E-state index in [4.69, 9.17) is 17.3 Å². The van der Waals surface area contributed by atoms with Gasteiger partial charge in [-0.15, -0.1) is 0 Å². The van der Waals surface area contributed by atoms with Crippen LogP contribution in [0.5, 0.6) is 0 Å². The standard InChI is InChI=1S/C13H14ClN3O/c1-8(2)17-12(5-6-16-17)10-4-3-9(14)7-11(10)13(15)18/h3-8H,1-2H3,(H2,15,18). The first-order chi connectivity index (χ1) is 8.50. The van der Waals surface area contributed by atoms with Gasteiger partial charge in [0.1, 0.15) is 0 Å². The second-order valence-corrected chi connectivity index (χ2v) is 4.75. The zero-order valence-electron chi connectivity index (χ0n) is 10.2. The molecular formula is C13H14ClN3O. The summed E-state index contributed by atoms with van der Waals surface area (Å²) in [5.74, 6) is -0.496. The highest BCUT2D eigenvalue weighted by Gasteiger charge is 2.15. The quantitative estimate of drug-likeness (QED) is 0.926. The zero-order chi connectivity index (χ0) is 13.3. The van der Waals surface area contributed by atoms with Crippen LogP contribution in [0, 0.1) is 0 Å². The molecule has 0 saturated heterocycles. The highest BCUT2D eigenvalue weighted by atomic mass is 35.5. The van der Waals surface area contributed by atoms with Crippen LogP contribution in [-0.4, -0.2) is 15.7 Å². The number of nitrogens with two attached hydrogens (primary N) is 1. The number of amides is 1. The Balaban J connectivity index is 2.63. The molecular weight excluding hydrogens is 250 g/mol. The van der Waals surface area contributed by atoms with E-state index in [0.717, 1.165) is 11.3 Å². The topological polar surface area (TPSA) is 60.9 Å². The molecule has 2 rings (SSSR count). The Morgan fingerprint density at radius 2 is 2.11 bits per heavy atom. The lowest BCUT2D eigenvalue weighted by atomic mass is 10.0. The van der Waals surface area contributed by atoms with E-state index in [-0.39, 0.29) is 6.04 Å².